The molecule has 0 radical (unpaired) electrons. The summed E-state index contributed by atoms with van der Waals surface area (Å²) in [5.74, 6) is -0.840. The zero-order valence-electron chi connectivity index (χ0n) is 11.1. The van der Waals surface area contributed by atoms with E-state index in [-0.39, 0.29) is 0 Å². The van der Waals surface area contributed by atoms with E-state index in [0.29, 0.717) is 10.9 Å². The molecule has 1 aliphatic rings. The lowest BCUT2D eigenvalue weighted by atomic mass is 10.1. The Balaban J connectivity index is 2.04. The van der Waals surface area contributed by atoms with Crippen LogP contribution in [0.5, 0.6) is 0 Å². The highest BCUT2D eigenvalue weighted by Crippen LogP contribution is 2.34. The van der Waals surface area contributed by atoms with E-state index < -0.39 is 5.97 Å². The van der Waals surface area contributed by atoms with Gasteiger partial charge in [0, 0.05) is 5.39 Å². The molecule has 1 aliphatic carbocycles. The number of nitrogens with zero attached hydrogens (tertiary/aromatic N) is 2. The molecule has 1 N–H and O–H groups in total. The summed E-state index contributed by atoms with van der Waals surface area (Å²) in [4.78, 5) is 12.5. The van der Waals surface area contributed by atoms with Gasteiger partial charge in [0.05, 0.1) is 11.7 Å². The number of hydrogen-bond acceptors (Lipinski definition) is 3. The minimum Gasteiger partial charge on any atom is -0.477 e. The molecule has 0 bridgehead atoms. The fourth-order valence-electron chi connectivity index (χ4n) is 2.93. The van der Waals surface area contributed by atoms with Crippen molar-refractivity contribution < 1.29 is 9.90 Å². The van der Waals surface area contributed by atoms with E-state index in [1.54, 1.807) is 6.07 Å². The number of aryl methyl sites for hydroxylation is 1. The average molecular weight is 278 g/mol. The Morgan fingerprint density at radius 1 is 1.37 bits per heavy atom. The third-order valence-corrected chi connectivity index (χ3v) is 5.06. The van der Waals surface area contributed by atoms with Gasteiger partial charge in [0.1, 0.15) is 9.71 Å². The normalized spacial score (nSPS) is 17.7. The summed E-state index contributed by atoms with van der Waals surface area (Å²) < 4.78 is 2.09. The lowest BCUT2D eigenvalue weighted by Gasteiger charge is -2.15. The van der Waals surface area contributed by atoms with Gasteiger partial charge in [-0.25, -0.2) is 4.79 Å². The molecule has 2 aromatic rings. The number of aromatic nitrogens is 2. The van der Waals surface area contributed by atoms with E-state index in [1.165, 1.54) is 37.0 Å². The summed E-state index contributed by atoms with van der Waals surface area (Å²) in [6.07, 6.45) is 7.45. The lowest BCUT2D eigenvalue weighted by Crippen LogP contribution is -2.09. The van der Waals surface area contributed by atoms with Gasteiger partial charge in [0.2, 0.25) is 0 Å². The van der Waals surface area contributed by atoms with Crippen molar-refractivity contribution in [1.29, 1.82) is 0 Å². The summed E-state index contributed by atoms with van der Waals surface area (Å²) in [5.41, 5.74) is 0.947. The summed E-state index contributed by atoms with van der Waals surface area (Å²) >= 11 is 1.35. The Labute approximate surface area is 116 Å². The first kappa shape index (κ1) is 12.7. The second-order valence-corrected chi connectivity index (χ2v) is 6.34. The highest BCUT2D eigenvalue weighted by Gasteiger charge is 2.21. The van der Waals surface area contributed by atoms with E-state index in [0.717, 1.165) is 28.8 Å². The van der Waals surface area contributed by atoms with Gasteiger partial charge in [0.25, 0.3) is 0 Å². The van der Waals surface area contributed by atoms with Crippen LogP contribution in [0.3, 0.4) is 0 Å². The second-order valence-electron chi connectivity index (χ2n) is 5.31. The maximum Gasteiger partial charge on any atom is 0.345 e. The topological polar surface area (TPSA) is 55.1 Å². The van der Waals surface area contributed by atoms with E-state index in [1.807, 2.05) is 6.92 Å². The van der Waals surface area contributed by atoms with E-state index in [2.05, 4.69) is 9.78 Å². The standard InChI is InChI=1S/C14H18N2O2S/c1-9-11-8-12(14(17)18)19-13(11)16(15-9)10-6-4-2-3-5-7-10/h8,10H,2-7H2,1H3,(H,17,18). The zero-order chi connectivity index (χ0) is 13.4. The highest BCUT2D eigenvalue weighted by molar-refractivity contribution is 7.20. The van der Waals surface area contributed by atoms with E-state index in [4.69, 9.17) is 5.11 Å². The molecule has 0 aliphatic heterocycles. The van der Waals surface area contributed by atoms with Crippen LogP contribution in [-0.2, 0) is 0 Å². The summed E-state index contributed by atoms with van der Waals surface area (Å²) in [6, 6.07) is 2.21. The van der Waals surface area contributed by atoms with Crippen LogP contribution in [0.4, 0.5) is 0 Å². The number of carboxylic acids is 1. The van der Waals surface area contributed by atoms with Crippen molar-refractivity contribution in [3.8, 4) is 0 Å². The third-order valence-electron chi connectivity index (χ3n) is 3.95. The molecule has 19 heavy (non-hydrogen) atoms. The van der Waals surface area contributed by atoms with Gasteiger partial charge in [-0.3, -0.25) is 4.68 Å². The predicted octanol–water partition coefficient (Wildman–Crippen LogP) is 4.00. The first-order valence-electron chi connectivity index (χ1n) is 6.89. The first-order chi connectivity index (χ1) is 9.16. The second kappa shape index (κ2) is 4.96. The fraction of sp³-hybridized carbons (Fsp3) is 0.571. The average Bonchev–Trinajstić information content (AvgIpc) is 2.81. The van der Waals surface area contributed by atoms with Crippen LogP contribution in [0.25, 0.3) is 10.2 Å². The Morgan fingerprint density at radius 2 is 2.05 bits per heavy atom. The minimum atomic E-state index is -0.840. The van der Waals surface area contributed by atoms with Gasteiger partial charge in [-0.1, -0.05) is 25.7 Å². The lowest BCUT2D eigenvalue weighted by molar-refractivity contribution is 0.0702. The molecule has 2 aromatic heterocycles. The molecule has 102 valence electrons. The molecule has 1 fully saturated rings. The van der Waals surface area contributed by atoms with Crippen molar-refractivity contribution in [2.24, 2.45) is 0 Å². The largest absolute Gasteiger partial charge is 0.477 e. The molecule has 0 saturated heterocycles. The Bertz CT molecular complexity index is 606. The van der Waals surface area contributed by atoms with Crippen molar-refractivity contribution in [3.05, 3.63) is 16.6 Å². The number of fused-ring (bicyclic) bond motifs is 1. The van der Waals surface area contributed by atoms with Crippen LogP contribution in [0.2, 0.25) is 0 Å². The van der Waals surface area contributed by atoms with Gasteiger partial charge >= 0.3 is 5.97 Å². The smallest absolute Gasteiger partial charge is 0.345 e. The van der Waals surface area contributed by atoms with Crippen LogP contribution in [-0.4, -0.2) is 20.9 Å². The predicted molar refractivity (Wildman–Crippen MR) is 76.0 cm³/mol. The summed E-state index contributed by atoms with van der Waals surface area (Å²) in [5, 5.41) is 14.8. The molecule has 0 amide bonds. The Hall–Kier alpha value is -1.36. The number of thiophene rings is 1. The molecule has 5 heteroatoms. The van der Waals surface area contributed by atoms with E-state index in [9.17, 15) is 4.79 Å². The molecular weight excluding hydrogens is 260 g/mol. The fourth-order valence-corrected chi connectivity index (χ4v) is 4.00. The Morgan fingerprint density at radius 3 is 2.68 bits per heavy atom. The number of rotatable bonds is 2. The molecular formula is C14H18N2O2S. The molecule has 0 unspecified atom stereocenters. The Kier molecular flexibility index (Phi) is 3.31. The summed E-state index contributed by atoms with van der Waals surface area (Å²) in [6.45, 7) is 1.97. The van der Waals surface area contributed by atoms with Gasteiger partial charge in [-0.2, -0.15) is 5.10 Å². The summed E-state index contributed by atoms with van der Waals surface area (Å²) in [7, 11) is 0. The molecule has 0 spiro atoms. The van der Waals surface area contributed by atoms with E-state index >= 15 is 0 Å². The highest BCUT2D eigenvalue weighted by atomic mass is 32.1. The SMILES string of the molecule is Cc1nn(C2CCCCCC2)c2sc(C(=O)O)cc12. The number of carbonyl (C=O) groups is 1. The maximum absolute atomic E-state index is 11.1. The van der Waals surface area contributed by atoms with Crippen molar-refractivity contribution in [1.82, 2.24) is 9.78 Å². The molecule has 1 saturated carbocycles. The molecule has 0 aromatic carbocycles. The van der Waals surface area contributed by atoms with Crippen LogP contribution in [0, 0.1) is 6.92 Å². The maximum atomic E-state index is 11.1. The third kappa shape index (κ3) is 2.27. The first-order valence-corrected chi connectivity index (χ1v) is 7.70. The monoisotopic (exact) mass is 278 g/mol. The molecule has 0 atom stereocenters. The van der Waals surface area contributed by atoms with Gasteiger partial charge in [-0.15, -0.1) is 11.3 Å². The number of carboxylic acid groups (broad SMARTS) is 1. The van der Waals surface area contributed by atoms with Crippen LogP contribution < -0.4 is 0 Å². The van der Waals surface area contributed by atoms with Crippen molar-refractivity contribution in [2.75, 3.05) is 0 Å². The van der Waals surface area contributed by atoms with Crippen molar-refractivity contribution >= 4 is 27.5 Å². The quantitative estimate of drug-likeness (QED) is 0.845. The van der Waals surface area contributed by atoms with Gasteiger partial charge in [-0.05, 0) is 25.8 Å². The van der Waals surface area contributed by atoms with Gasteiger partial charge in [0.15, 0.2) is 0 Å². The van der Waals surface area contributed by atoms with Crippen molar-refractivity contribution in [3.63, 3.8) is 0 Å². The van der Waals surface area contributed by atoms with Gasteiger partial charge < -0.3 is 5.11 Å². The van der Waals surface area contributed by atoms with Crippen LogP contribution >= 0.6 is 11.3 Å². The van der Waals surface area contributed by atoms with Crippen LogP contribution in [0.1, 0.15) is 59.9 Å². The number of aromatic carboxylic acids is 1. The van der Waals surface area contributed by atoms with Crippen LogP contribution in [0.15, 0.2) is 6.07 Å². The molecule has 3 rings (SSSR count). The zero-order valence-corrected chi connectivity index (χ0v) is 11.9. The van der Waals surface area contributed by atoms with Crippen molar-refractivity contribution in [2.45, 2.75) is 51.5 Å². The minimum absolute atomic E-state index is 0.415. The molecule has 4 nitrogen and oxygen atoms in total. The molecule has 2 heterocycles. The number of hydrogen-bond donors (Lipinski definition) is 1.